The molecule has 0 heterocycles. The van der Waals surface area contributed by atoms with Crippen LogP contribution in [0.4, 0.5) is 0 Å². The summed E-state index contributed by atoms with van der Waals surface area (Å²) in [5.41, 5.74) is 0.699. The Morgan fingerprint density at radius 3 is 2.67 bits per heavy atom. The van der Waals surface area contributed by atoms with E-state index in [-0.39, 0.29) is 5.78 Å². The maximum atomic E-state index is 12.1. The van der Waals surface area contributed by atoms with Gasteiger partial charge < -0.3 is 4.74 Å². The van der Waals surface area contributed by atoms with Crippen molar-refractivity contribution >= 4 is 16.6 Å². The Balaban J connectivity index is 2.47. The number of ether oxygens (including phenoxy) is 1. The summed E-state index contributed by atoms with van der Waals surface area (Å²) < 4.78 is 5.44. The van der Waals surface area contributed by atoms with E-state index in [0.29, 0.717) is 17.7 Å². The van der Waals surface area contributed by atoms with Crippen LogP contribution in [-0.2, 0) is 0 Å². The van der Waals surface area contributed by atoms with Gasteiger partial charge >= 0.3 is 0 Å². The molecule has 2 heteroatoms. The van der Waals surface area contributed by atoms with Crippen LogP contribution in [0.3, 0.4) is 0 Å². The van der Waals surface area contributed by atoms with Crippen LogP contribution in [0.1, 0.15) is 36.5 Å². The lowest BCUT2D eigenvalue weighted by atomic mass is 10.00. The van der Waals surface area contributed by atoms with Gasteiger partial charge in [-0.1, -0.05) is 43.7 Å². The molecule has 0 aliphatic rings. The van der Waals surface area contributed by atoms with E-state index in [1.165, 1.54) is 0 Å². The Morgan fingerprint density at radius 2 is 1.94 bits per heavy atom. The molecule has 0 spiro atoms. The zero-order valence-corrected chi connectivity index (χ0v) is 10.9. The van der Waals surface area contributed by atoms with E-state index < -0.39 is 0 Å². The van der Waals surface area contributed by atoms with Crippen LogP contribution in [0.2, 0.25) is 0 Å². The Bertz CT molecular complexity index is 558. The van der Waals surface area contributed by atoms with Crippen molar-refractivity contribution in [3.8, 4) is 5.75 Å². The van der Waals surface area contributed by atoms with Crippen LogP contribution < -0.4 is 4.74 Å². The predicted octanol–water partition coefficient (Wildman–Crippen LogP) is 4.22. The van der Waals surface area contributed by atoms with Gasteiger partial charge in [0, 0.05) is 11.8 Å². The quantitative estimate of drug-likeness (QED) is 0.734. The molecule has 0 radical (unpaired) electrons. The minimum Gasteiger partial charge on any atom is -0.495 e. The molecular weight excluding hydrogens is 224 g/mol. The number of ketones is 1. The molecule has 0 saturated carbocycles. The molecule has 0 aliphatic carbocycles. The minimum atomic E-state index is 0.166. The number of unbranched alkanes of at least 4 members (excludes halogenated alkanes) is 1. The first-order valence-electron chi connectivity index (χ1n) is 6.37. The molecule has 0 aliphatic heterocycles. The molecule has 2 aromatic rings. The average molecular weight is 242 g/mol. The number of carbonyl (C=O) groups is 1. The van der Waals surface area contributed by atoms with Crippen LogP contribution in [0.15, 0.2) is 36.4 Å². The van der Waals surface area contributed by atoms with Gasteiger partial charge in [0.25, 0.3) is 0 Å². The van der Waals surface area contributed by atoms with Gasteiger partial charge in [-0.2, -0.15) is 0 Å². The molecule has 0 bridgehead atoms. The van der Waals surface area contributed by atoms with Crippen LogP contribution in [0, 0.1) is 0 Å². The van der Waals surface area contributed by atoms with Gasteiger partial charge in [0.15, 0.2) is 5.78 Å². The molecule has 0 unspecified atom stereocenters. The lowest BCUT2D eigenvalue weighted by molar-refractivity contribution is 0.0977. The Hall–Kier alpha value is -1.83. The molecule has 0 atom stereocenters. The number of benzene rings is 2. The van der Waals surface area contributed by atoms with Crippen molar-refractivity contribution in [2.75, 3.05) is 7.11 Å². The summed E-state index contributed by atoms with van der Waals surface area (Å²) >= 11 is 0. The second kappa shape index (κ2) is 5.67. The molecule has 0 fully saturated rings. The van der Waals surface area contributed by atoms with E-state index in [0.717, 1.165) is 23.6 Å². The van der Waals surface area contributed by atoms with Crippen molar-refractivity contribution in [1.82, 2.24) is 0 Å². The summed E-state index contributed by atoms with van der Waals surface area (Å²) in [6, 6.07) is 11.8. The third-order valence-corrected chi connectivity index (χ3v) is 3.14. The maximum Gasteiger partial charge on any atom is 0.166 e. The van der Waals surface area contributed by atoms with Crippen molar-refractivity contribution < 1.29 is 9.53 Å². The van der Waals surface area contributed by atoms with E-state index in [1.54, 1.807) is 7.11 Å². The normalized spacial score (nSPS) is 10.6. The van der Waals surface area contributed by atoms with Crippen LogP contribution in [-0.4, -0.2) is 12.9 Å². The molecule has 2 rings (SSSR count). The van der Waals surface area contributed by atoms with Crippen molar-refractivity contribution in [3.05, 3.63) is 42.0 Å². The van der Waals surface area contributed by atoms with E-state index in [1.807, 2.05) is 36.4 Å². The molecule has 2 nitrogen and oxygen atoms in total. The number of rotatable bonds is 5. The van der Waals surface area contributed by atoms with Gasteiger partial charge in [-0.3, -0.25) is 4.79 Å². The number of methoxy groups -OCH3 is 1. The first-order chi connectivity index (χ1) is 8.77. The average Bonchev–Trinajstić information content (AvgIpc) is 2.43. The van der Waals surface area contributed by atoms with Gasteiger partial charge in [-0.15, -0.1) is 0 Å². The van der Waals surface area contributed by atoms with Gasteiger partial charge in [0.2, 0.25) is 0 Å². The highest BCUT2D eigenvalue weighted by atomic mass is 16.5. The molecule has 0 amide bonds. The minimum absolute atomic E-state index is 0.166. The topological polar surface area (TPSA) is 26.3 Å². The first kappa shape index (κ1) is 12.6. The van der Waals surface area contributed by atoms with Gasteiger partial charge in [0.1, 0.15) is 5.75 Å². The Labute approximate surface area is 108 Å². The largest absolute Gasteiger partial charge is 0.495 e. The predicted molar refractivity (Wildman–Crippen MR) is 74.4 cm³/mol. The summed E-state index contributed by atoms with van der Waals surface area (Å²) in [7, 11) is 1.62. The van der Waals surface area contributed by atoms with Crippen LogP contribution in [0.25, 0.3) is 10.8 Å². The van der Waals surface area contributed by atoms with Gasteiger partial charge in [0.05, 0.1) is 12.7 Å². The molecule has 2 aromatic carbocycles. The number of hydrogen-bond donors (Lipinski definition) is 0. The molecule has 0 N–H and O–H groups in total. The highest BCUT2D eigenvalue weighted by molar-refractivity contribution is 6.04. The monoisotopic (exact) mass is 242 g/mol. The molecular formula is C16H18O2. The Morgan fingerprint density at radius 1 is 1.17 bits per heavy atom. The zero-order chi connectivity index (χ0) is 13.0. The van der Waals surface area contributed by atoms with Crippen molar-refractivity contribution in [3.63, 3.8) is 0 Å². The highest BCUT2D eigenvalue weighted by Crippen LogP contribution is 2.30. The third kappa shape index (κ3) is 2.37. The highest BCUT2D eigenvalue weighted by Gasteiger charge is 2.14. The van der Waals surface area contributed by atoms with Gasteiger partial charge in [-0.05, 0) is 17.9 Å². The summed E-state index contributed by atoms with van der Waals surface area (Å²) in [4.78, 5) is 12.1. The number of hydrogen-bond acceptors (Lipinski definition) is 2. The van der Waals surface area contributed by atoms with Crippen molar-refractivity contribution in [1.29, 1.82) is 0 Å². The fraction of sp³-hybridized carbons (Fsp3) is 0.312. The molecule has 18 heavy (non-hydrogen) atoms. The fourth-order valence-corrected chi connectivity index (χ4v) is 2.15. The van der Waals surface area contributed by atoms with Crippen LogP contribution >= 0.6 is 0 Å². The third-order valence-electron chi connectivity index (χ3n) is 3.14. The lowest BCUT2D eigenvalue weighted by Gasteiger charge is -2.10. The maximum absolute atomic E-state index is 12.1. The number of carbonyl (C=O) groups excluding carboxylic acids is 1. The standard InChI is InChI=1S/C16H18O2/c1-3-4-9-15(17)14-11-10-12-7-5-6-8-13(12)16(14)18-2/h5-8,10-11H,3-4,9H2,1-2H3. The summed E-state index contributed by atoms with van der Waals surface area (Å²) in [6.07, 6.45) is 2.54. The summed E-state index contributed by atoms with van der Waals surface area (Å²) in [5.74, 6) is 0.869. The zero-order valence-electron chi connectivity index (χ0n) is 10.9. The second-order valence-electron chi connectivity index (χ2n) is 4.39. The Kier molecular flexibility index (Phi) is 3.98. The van der Waals surface area contributed by atoms with E-state index in [4.69, 9.17) is 4.74 Å². The first-order valence-corrected chi connectivity index (χ1v) is 6.37. The SMILES string of the molecule is CCCCC(=O)c1ccc2ccccc2c1OC. The molecule has 94 valence electrons. The number of fused-ring (bicyclic) bond motifs is 1. The molecule has 0 aromatic heterocycles. The lowest BCUT2D eigenvalue weighted by Crippen LogP contribution is -2.02. The van der Waals surface area contributed by atoms with Crippen molar-refractivity contribution in [2.24, 2.45) is 0 Å². The molecule has 0 saturated heterocycles. The summed E-state index contributed by atoms with van der Waals surface area (Å²) in [5, 5.41) is 2.10. The smallest absolute Gasteiger partial charge is 0.166 e. The van der Waals surface area contributed by atoms with E-state index in [2.05, 4.69) is 6.92 Å². The van der Waals surface area contributed by atoms with E-state index >= 15 is 0 Å². The van der Waals surface area contributed by atoms with Crippen LogP contribution in [0.5, 0.6) is 5.75 Å². The number of Topliss-reactive ketones (excluding diaryl/α,β-unsaturated/α-hetero) is 1. The van der Waals surface area contributed by atoms with E-state index in [9.17, 15) is 4.79 Å². The second-order valence-corrected chi connectivity index (χ2v) is 4.39. The fourth-order valence-electron chi connectivity index (χ4n) is 2.15. The van der Waals surface area contributed by atoms with Gasteiger partial charge in [-0.25, -0.2) is 0 Å². The summed E-state index contributed by atoms with van der Waals surface area (Å²) in [6.45, 7) is 2.09. The van der Waals surface area contributed by atoms with Crippen molar-refractivity contribution in [2.45, 2.75) is 26.2 Å².